The largest absolute Gasteiger partial charge is 0.487 e. The van der Waals surface area contributed by atoms with Crippen molar-refractivity contribution in [2.45, 2.75) is 70.4 Å². The van der Waals surface area contributed by atoms with Gasteiger partial charge in [-0.25, -0.2) is 22.9 Å². The monoisotopic (exact) mass is 426 g/mol. The summed E-state index contributed by atoms with van der Waals surface area (Å²) in [5.41, 5.74) is 13.5. The number of sulfonamides is 1. The molecule has 10 heteroatoms. The number of benzene rings is 1. The van der Waals surface area contributed by atoms with Crippen molar-refractivity contribution < 1.29 is 23.1 Å². The molecule has 1 aromatic rings. The van der Waals surface area contributed by atoms with Gasteiger partial charge in [-0.05, 0) is 70.7 Å². The molecule has 0 radical (unpaired) electrons. The molecule has 0 amide bonds. The van der Waals surface area contributed by atoms with Gasteiger partial charge in [0.2, 0.25) is 5.96 Å². The SMILES string of the molecule is Cc1c(C)c(S(=O)(=O)NC(N)=N[C@@H](CCCN)C(=O)O)c(C)c2c1OC(C)(C)C2. The molecule has 6 N–H and O–H groups in total. The van der Waals surface area contributed by atoms with Crippen molar-refractivity contribution in [3.63, 3.8) is 0 Å². The maximum Gasteiger partial charge on any atom is 0.328 e. The number of hydrogen-bond acceptors (Lipinski definition) is 6. The van der Waals surface area contributed by atoms with Gasteiger partial charge in [0.05, 0.1) is 4.90 Å². The zero-order chi connectivity index (χ0) is 22.1. The predicted molar refractivity (Wildman–Crippen MR) is 111 cm³/mol. The fourth-order valence-corrected chi connectivity index (χ4v) is 5.10. The summed E-state index contributed by atoms with van der Waals surface area (Å²) in [4.78, 5) is 15.3. The summed E-state index contributed by atoms with van der Waals surface area (Å²) in [6.07, 6.45) is 1.18. The van der Waals surface area contributed by atoms with E-state index in [1.54, 1.807) is 13.8 Å². The van der Waals surface area contributed by atoms with Crippen LogP contribution in [0.5, 0.6) is 5.75 Å². The summed E-state index contributed by atoms with van der Waals surface area (Å²) in [5.74, 6) is -0.943. The summed E-state index contributed by atoms with van der Waals surface area (Å²) in [6.45, 7) is 9.46. The highest BCUT2D eigenvalue weighted by molar-refractivity contribution is 7.90. The van der Waals surface area contributed by atoms with Crippen LogP contribution in [0, 0.1) is 20.8 Å². The maximum atomic E-state index is 13.1. The summed E-state index contributed by atoms with van der Waals surface area (Å²) >= 11 is 0. The Morgan fingerprint density at radius 2 is 1.90 bits per heavy atom. The standard InChI is InChI=1S/C19H30N4O5S/c1-10-11(2)16(12(3)13-9-19(4,5)28-15(10)13)29(26,27)23-18(21)22-14(17(24)25)7-6-8-20/h14H,6-9,20H2,1-5H3,(H,24,25)(H3,21,22,23)/t14-/m0/s1. The van der Waals surface area contributed by atoms with Crippen molar-refractivity contribution >= 4 is 22.0 Å². The minimum atomic E-state index is -4.07. The van der Waals surface area contributed by atoms with Crippen LogP contribution in [0.2, 0.25) is 0 Å². The van der Waals surface area contributed by atoms with E-state index < -0.39 is 33.6 Å². The van der Waals surface area contributed by atoms with E-state index in [0.717, 1.165) is 16.9 Å². The van der Waals surface area contributed by atoms with Crippen LogP contribution in [0.1, 0.15) is 48.9 Å². The zero-order valence-corrected chi connectivity index (χ0v) is 18.3. The molecule has 162 valence electrons. The molecule has 1 aliphatic rings. The topological polar surface area (TPSA) is 157 Å². The van der Waals surface area contributed by atoms with Crippen LogP contribution in [0.15, 0.2) is 9.89 Å². The highest BCUT2D eigenvalue weighted by atomic mass is 32.2. The van der Waals surface area contributed by atoms with Gasteiger partial charge in [0.15, 0.2) is 6.04 Å². The van der Waals surface area contributed by atoms with Crippen molar-refractivity contribution in [3.8, 4) is 5.75 Å². The van der Waals surface area contributed by atoms with Crippen molar-refractivity contribution in [1.82, 2.24) is 4.72 Å². The van der Waals surface area contributed by atoms with Crippen molar-refractivity contribution in [3.05, 3.63) is 22.3 Å². The van der Waals surface area contributed by atoms with Crippen LogP contribution in [0.4, 0.5) is 0 Å². The molecule has 0 unspecified atom stereocenters. The Bertz CT molecular complexity index is 954. The van der Waals surface area contributed by atoms with Crippen LogP contribution in [-0.2, 0) is 21.2 Å². The van der Waals surface area contributed by atoms with Gasteiger partial charge >= 0.3 is 5.97 Å². The second-order valence-corrected chi connectivity index (χ2v) is 9.57. The number of carbonyl (C=O) groups is 1. The number of hydrogen-bond donors (Lipinski definition) is 4. The van der Waals surface area contributed by atoms with E-state index in [2.05, 4.69) is 9.71 Å². The molecule has 0 saturated heterocycles. The van der Waals surface area contributed by atoms with Gasteiger partial charge in [0.25, 0.3) is 10.0 Å². The van der Waals surface area contributed by atoms with Crippen LogP contribution < -0.4 is 20.9 Å². The molecular formula is C19H30N4O5S. The second kappa shape index (κ2) is 8.19. The van der Waals surface area contributed by atoms with Crippen LogP contribution in [0.25, 0.3) is 0 Å². The lowest BCUT2D eigenvalue weighted by Gasteiger charge is -2.19. The van der Waals surface area contributed by atoms with E-state index in [1.807, 2.05) is 20.8 Å². The molecule has 2 rings (SSSR count). The Kier molecular flexibility index (Phi) is 6.48. The van der Waals surface area contributed by atoms with E-state index in [0.29, 0.717) is 30.5 Å². The number of carboxylic acid groups (broad SMARTS) is 1. The van der Waals surface area contributed by atoms with Gasteiger partial charge in [-0.15, -0.1) is 0 Å². The highest BCUT2D eigenvalue weighted by Gasteiger charge is 2.36. The van der Waals surface area contributed by atoms with Gasteiger partial charge in [-0.1, -0.05) is 0 Å². The predicted octanol–water partition coefficient (Wildman–Crippen LogP) is 1.11. The average Bonchev–Trinajstić information content (AvgIpc) is 2.92. The number of fused-ring (bicyclic) bond motifs is 1. The number of aliphatic carboxylic acids is 1. The fraction of sp³-hybridized carbons (Fsp3) is 0.579. The molecule has 0 fully saturated rings. The first-order valence-electron chi connectivity index (χ1n) is 9.41. The number of guanidine groups is 1. The molecule has 0 aromatic heterocycles. The van der Waals surface area contributed by atoms with Gasteiger partial charge in [0.1, 0.15) is 11.4 Å². The minimum Gasteiger partial charge on any atom is -0.487 e. The van der Waals surface area contributed by atoms with Crippen molar-refractivity contribution in [2.75, 3.05) is 6.54 Å². The summed E-state index contributed by atoms with van der Waals surface area (Å²) in [6, 6.07) is -1.17. The van der Waals surface area contributed by atoms with Crippen LogP contribution >= 0.6 is 0 Å². The van der Waals surface area contributed by atoms with Gasteiger partial charge in [-0.2, -0.15) is 0 Å². The number of aliphatic imine (C=N–C) groups is 1. The van der Waals surface area contributed by atoms with E-state index in [-0.39, 0.29) is 11.3 Å². The Hall–Kier alpha value is -2.33. The maximum absolute atomic E-state index is 13.1. The van der Waals surface area contributed by atoms with Gasteiger partial charge in [0, 0.05) is 12.0 Å². The normalized spacial score (nSPS) is 16.8. The van der Waals surface area contributed by atoms with E-state index >= 15 is 0 Å². The Morgan fingerprint density at radius 1 is 1.28 bits per heavy atom. The van der Waals surface area contributed by atoms with Crippen LogP contribution in [-0.4, -0.2) is 43.6 Å². The summed E-state index contributed by atoms with van der Waals surface area (Å²) in [7, 11) is -4.07. The molecule has 0 aliphatic carbocycles. The molecule has 9 nitrogen and oxygen atoms in total. The summed E-state index contributed by atoms with van der Waals surface area (Å²) in [5, 5.41) is 9.25. The first-order valence-corrected chi connectivity index (χ1v) is 10.9. The number of nitrogens with zero attached hydrogens (tertiary/aromatic N) is 1. The third kappa shape index (κ3) is 4.81. The smallest absolute Gasteiger partial charge is 0.328 e. The molecular weight excluding hydrogens is 396 g/mol. The number of rotatable bonds is 7. The Morgan fingerprint density at radius 3 is 2.45 bits per heavy atom. The first-order chi connectivity index (χ1) is 13.3. The number of carboxylic acids is 1. The first kappa shape index (κ1) is 23.0. The lowest BCUT2D eigenvalue weighted by atomic mass is 9.94. The molecule has 0 saturated carbocycles. The molecule has 29 heavy (non-hydrogen) atoms. The second-order valence-electron chi connectivity index (χ2n) is 7.96. The number of nitrogens with one attached hydrogen (secondary N) is 1. The molecule has 1 aromatic carbocycles. The fourth-order valence-electron chi connectivity index (χ4n) is 3.59. The van der Waals surface area contributed by atoms with Gasteiger partial charge in [-0.3, -0.25) is 0 Å². The highest BCUT2D eigenvalue weighted by Crippen LogP contribution is 2.43. The molecule has 1 atom stereocenters. The molecule has 0 spiro atoms. The van der Waals surface area contributed by atoms with Gasteiger partial charge < -0.3 is 21.3 Å². The lowest BCUT2D eigenvalue weighted by Crippen LogP contribution is -2.39. The third-order valence-corrected chi connectivity index (χ3v) is 6.69. The van der Waals surface area contributed by atoms with Crippen molar-refractivity contribution in [1.29, 1.82) is 0 Å². The Labute approximate surface area is 171 Å². The van der Waals surface area contributed by atoms with E-state index in [1.165, 1.54) is 0 Å². The van der Waals surface area contributed by atoms with Crippen LogP contribution in [0.3, 0.4) is 0 Å². The summed E-state index contributed by atoms with van der Waals surface area (Å²) < 4.78 is 34.4. The third-order valence-electron chi connectivity index (χ3n) is 5.06. The van der Waals surface area contributed by atoms with Crippen molar-refractivity contribution in [2.24, 2.45) is 16.5 Å². The Balaban J connectivity index is 2.43. The zero-order valence-electron chi connectivity index (χ0n) is 17.5. The molecule has 0 bridgehead atoms. The lowest BCUT2D eigenvalue weighted by molar-refractivity contribution is -0.138. The average molecular weight is 427 g/mol. The quantitative estimate of drug-likeness (QED) is 0.375. The van der Waals surface area contributed by atoms with E-state index in [9.17, 15) is 18.3 Å². The van der Waals surface area contributed by atoms with E-state index in [4.69, 9.17) is 16.2 Å². The minimum absolute atomic E-state index is 0.113. The number of nitrogens with two attached hydrogens (primary N) is 2. The molecule has 1 heterocycles. The molecule has 1 aliphatic heterocycles. The number of ether oxygens (including phenoxy) is 1.